The molecule has 8 heteroatoms. The molecular formula is C17H22Cl3N3O2. The van der Waals surface area contributed by atoms with Crippen LogP contribution in [0.1, 0.15) is 19.3 Å². The second-order valence-electron chi connectivity index (χ2n) is 6.37. The van der Waals surface area contributed by atoms with Gasteiger partial charge in [0.1, 0.15) is 5.92 Å². The lowest BCUT2D eigenvalue weighted by Gasteiger charge is -2.17. The van der Waals surface area contributed by atoms with Gasteiger partial charge in [-0.3, -0.25) is 9.59 Å². The van der Waals surface area contributed by atoms with Crippen LogP contribution in [0, 0.1) is 11.8 Å². The standard InChI is InChI=1S/C17H21Cl2N3O2.ClH/c18-14-2-1-12(9-15(14)19)22-8-5-13(17(22)24)16(23)21-7-4-11-3-6-20-10-11;/h1-2,9,11,13,20H,3-8,10H2,(H,21,23);1H. The van der Waals surface area contributed by atoms with E-state index in [9.17, 15) is 9.59 Å². The number of hydrogen-bond acceptors (Lipinski definition) is 3. The number of halogens is 3. The number of benzene rings is 1. The molecule has 0 radical (unpaired) electrons. The third-order valence-corrected chi connectivity index (χ3v) is 5.49. The largest absolute Gasteiger partial charge is 0.355 e. The molecular weight excluding hydrogens is 385 g/mol. The minimum absolute atomic E-state index is 0. The van der Waals surface area contributed by atoms with E-state index in [0.717, 1.165) is 25.9 Å². The molecule has 0 spiro atoms. The van der Waals surface area contributed by atoms with Gasteiger partial charge < -0.3 is 15.5 Å². The number of rotatable bonds is 5. The highest BCUT2D eigenvalue weighted by Crippen LogP contribution is 2.31. The van der Waals surface area contributed by atoms with Crippen LogP contribution in [0.2, 0.25) is 10.0 Å². The van der Waals surface area contributed by atoms with Crippen molar-refractivity contribution in [1.29, 1.82) is 0 Å². The maximum atomic E-state index is 12.5. The second-order valence-corrected chi connectivity index (χ2v) is 7.18. The van der Waals surface area contributed by atoms with E-state index < -0.39 is 5.92 Å². The highest BCUT2D eigenvalue weighted by atomic mass is 35.5. The van der Waals surface area contributed by atoms with Crippen molar-refractivity contribution in [3.05, 3.63) is 28.2 Å². The van der Waals surface area contributed by atoms with Crippen LogP contribution < -0.4 is 15.5 Å². The van der Waals surface area contributed by atoms with Crippen molar-refractivity contribution in [1.82, 2.24) is 10.6 Å². The van der Waals surface area contributed by atoms with Gasteiger partial charge >= 0.3 is 0 Å². The molecule has 2 aliphatic heterocycles. The Balaban J connectivity index is 0.00000225. The fourth-order valence-corrected chi connectivity index (χ4v) is 3.61. The maximum absolute atomic E-state index is 12.5. The minimum Gasteiger partial charge on any atom is -0.355 e. The zero-order chi connectivity index (χ0) is 17.1. The number of amides is 2. The molecule has 5 nitrogen and oxygen atoms in total. The molecule has 0 aromatic heterocycles. The number of hydrogen-bond donors (Lipinski definition) is 2. The van der Waals surface area contributed by atoms with Gasteiger partial charge in [0.05, 0.1) is 10.0 Å². The number of carbonyl (C=O) groups excluding carboxylic acids is 2. The van der Waals surface area contributed by atoms with E-state index in [-0.39, 0.29) is 24.2 Å². The van der Waals surface area contributed by atoms with Crippen LogP contribution in [-0.4, -0.2) is 38.0 Å². The zero-order valence-electron chi connectivity index (χ0n) is 13.8. The molecule has 1 aromatic carbocycles. The van der Waals surface area contributed by atoms with Crippen molar-refractivity contribution in [3.63, 3.8) is 0 Å². The number of carbonyl (C=O) groups is 2. The van der Waals surface area contributed by atoms with Crippen LogP contribution in [0.25, 0.3) is 0 Å². The average molecular weight is 407 g/mol. The summed E-state index contributed by atoms with van der Waals surface area (Å²) >= 11 is 11.9. The zero-order valence-corrected chi connectivity index (χ0v) is 16.1. The predicted octanol–water partition coefficient (Wildman–Crippen LogP) is 2.88. The molecule has 1 aromatic rings. The van der Waals surface area contributed by atoms with E-state index in [1.807, 2.05) is 0 Å². The Morgan fingerprint density at radius 2 is 2.08 bits per heavy atom. The van der Waals surface area contributed by atoms with Crippen molar-refractivity contribution in [2.75, 3.05) is 31.1 Å². The van der Waals surface area contributed by atoms with Crippen molar-refractivity contribution >= 4 is 53.1 Å². The quantitative estimate of drug-likeness (QED) is 0.739. The van der Waals surface area contributed by atoms with Gasteiger partial charge in [-0.15, -0.1) is 12.4 Å². The summed E-state index contributed by atoms with van der Waals surface area (Å²) in [4.78, 5) is 26.5. The van der Waals surface area contributed by atoms with Crippen molar-refractivity contribution in [2.24, 2.45) is 11.8 Å². The number of anilines is 1. The first kappa shape index (κ1) is 20.3. The molecule has 2 saturated heterocycles. The summed E-state index contributed by atoms with van der Waals surface area (Å²) in [5.41, 5.74) is 0.682. The van der Waals surface area contributed by atoms with Gasteiger partial charge in [-0.05, 0) is 56.5 Å². The van der Waals surface area contributed by atoms with Gasteiger partial charge in [-0.1, -0.05) is 23.2 Å². The molecule has 2 amide bonds. The molecule has 138 valence electrons. The van der Waals surface area contributed by atoms with E-state index >= 15 is 0 Å². The van der Waals surface area contributed by atoms with Gasteiger partial charge in [0.2, 0.25) is 11.8 Å². The lowest BCUT2D eigenvalue weighted by atomic mass is 10.0. The third kappa shape index (κ3) is 4.79. The van der Waals surface area contributed by atoms with Crippen LogP contribution in [0.15, 0.2) is 18.2 Å². The van der Waals surface area contributed by atoms with Crippen LogP contribution in [0.3, 0.4) is 0 Å². The Morgan fingerprint density at radius 1 is 1.28 bits per heavy atom. The first-order valence-electron chi connectivity index (χ1n) is 8.31. The first-order chi connectivity index (χ1) is 11.6. The molecule has 2 atom stereocenters. The molecule has 0 saturated carbocycles. The molecule has 2 fully saturated rings. The number of nitrogens with one attached hydrogen (secondary N) is 2. The lowest BCUT2D eigenvalue weighted by molar-refractivity contribution is -0.132. The van der Waals surface area contributed by atoms with Crippen LogP contribution in [0.4, 0.5) is 5.69 Å². The van der Waals surface area contributed by atoms with E-state index in [1.54, 1.807) is 23.1 Å². The normalized spacial score (nSPS) is 22.8. The smallest absolute Gasteiger partial charge is 0.239 e. The summed E-state index contributed by atoms with van der Waals surface area (Å²) in [5, 5.41) is 7.07. The Hall–Kier alpha value is -1.01. The van der Waals surface area contributed by atoms with E-state index in [2.05, 4.69) is 10.6 Å². The summed E-state index contributed by atoms with van der Waals surface area (Å²) in [6, 6.07) is 5.07. The van der Waals surface area contributed by atoms with Crippen LogP contribution >= 0.6 is 35.6 Å². The molecule has 0 bridgehead atoms. The summed E-state index contributed by atoms with van der Waals surface area (Å²) in [5.74, 6) is -0.333. The SMILES string of the molecule is Cl.O=C(NCCC1CCNC1)C1CCN(c2ccc(Cl)c(Cl)c2)C1=O. The Labute approximate surface area is 163 Å². The molecule has 2 N–H and O–H groups in total. The Bertz CT molecular complexity index is 636. The van der Waals surface area contributed by atoms with Crippen LogP contribution in [-0.2, 0) is 9.59 Å². The molecule has 2 aliphatic rings. The fraction of sp³-hybridized carbons (Fsp3) is 0.529. The number of nitrogens with zero attached hydrogens (tertiary/aromatic N) is 1. The monoisotopic (exact) mass is 405 g/mol. The fourth-order valence-electron chi connectivity index (χ4n) is 3.32. The van der Waals surface area contributed by atoms with Crippen molar-refractivity contribution in [3.8, 4) is 0 Å². The summed E-state index contributed by atoms with van der Waals surface area (Å²) in [7, 11) is 0. The first-order valence-corrected chi connectivity index (χ1v) is 9.06. The van der Waals surface area contributed by atoms with Crippen molar-refractivity contribution < 1.29 is 9.59 Å². The summed E-state index contributed by atoms with van der Waals surface area (Å²) in [6.45, 7) is 3.21. The molecule has 2 unspecified atom stereocenters. The van der Waals surface area contributed by atoms with Gasteiger partial charge in [-0.2, -0.15) is 0 Å². The molecule has 0 aliphatic carbocycles. The van der Waals surface area contributed by atoms with E-state index in [0.29, 0.717) is 41.2 Å². The minimum atomic E-state index is -0.610. The van der Waals surface area contributed by atoms with Crippen molar-refractivity contribution in [2.45, 2.75) is 19.3 Å². The highest BCUT2D eigenvalue weighted by Gasteiger charge is 2.37. The average Bonchev–Trinajstić information content (AvgIpc) is 3.20. The van der Waals surface area contributed by atoms with Gasteiger partial charge in [-0.25, -0.2) is 0 Å². The van der Waals surface area contributed by atoms with Gasteiger partial charge in [0, 0.05) is 18.8 Å². The summed E-state index contributed by atoms with van der Waals surface area (Å²) < 4.78 is 0. The van der Waals surface area contributed by atoms with E-state index in [4.69, 9.17) is 23.2 Å². The molecule has 25 heavy (non-hydrogen) atoms. The summed E-state index contributed by atoms with van der Waals surface area (Å²) in [6.07, 6.45) is 2.63. The third-order valence-electron chi connectivity index (χ3n) is 4.75. The second kappa shape index (κ2) is 9.08. The lowest BCUT2D eigenvalue weighted by Crippen LogP contribution is -2.37. The maximum Gasteiger partial charge on any atom is 0.239 e. The Morgan fingerprint density at radius 3 is 2.76 bits per heavy atom. The van der Waals surface area contributed by atoms with E-state index in [1.165, 1.54) is 0 Å². The Kier molecular flexibility index (Phi) is 7.37. The van der Waals surface area contributed by atoms with Gasteiger partial charge in [0.15, 0.2) is 0 Å². The molecule has 3 rings (SSSR count). The molecule has 2 heterocycles. The highest BCUT2D eigenvalue weighted by molar-refractivity contribution is 6.42. The predicted molar refractivity (Wildman–Crippen MR) is 103 cm³/mol. The van der Waals surface area contributed by atoms with Crippen LogP contribution in [0.5, 0.6) is 0 Å². The topological polar surface area (TPSA) is 61.4 Å². The van der Waals surface area contributed by atoms with Gasteiger partial charge in [0.25, 0.3) is 0 Å².